The molecule has 1 amide bonds. The van der Waals surface area contributed by atoms with Gasteiger partial charge in [-0.15, -0.1) is 0 Å². The van der Waals surface area contributed by atoms with Crippen LogP contribution in [-0.2, 0) is 24.3 Å². The van der Waals surface area contributed by atoms with Crippen molar-refractivity contribution in [2.24, 2.45) is 0 Å². The van der Waals surface area contributed by atoms with Crippen LogP contribution in [0.15, 0.2) is 41.3 Å². The summed E-state index contributed by atoms with van der Waals surface area (Å²) in [6.45, 7) is 5.34. The maximum Gasteiger partial charge on any atom is 0.337 e. The zero-order valence-electron chi connectivity index (χ0n) is 18.9. The third-order valence-corrected chi connectivity index (χ3v) is 6.06. The number of carbonyl (C=O) groups is 3. The van der Waals surface area contributed by atoms with E-state index in [9.17, 15) is 22.8 Å². The Hall–Kier alpha value is -3.44. The van der Waals surface area contributed by atoms with Crippen molar-refractivity contribution in [3.8, 4) is 5.75 Å². The summed E-state index contributed by atoms with van der Waals surface area (Å²) < 4.78 is 42.5. The van der Waals surface area contributed by atoms with Gasteiger partial charge >= 0.3 is 11.9 Å². The molecule has 0 heterocycles. The van der Waals surface area contributed by atoms with Crippen molar-refractivity contribution < 1.29 is 37.0 Å². The molecule has 2 N–H and O–H groups in total. The molecule has 0 radical (unpaired) electrons. The molecule has 0 saturated carbocycles. The molecule has 0 aliphatic rings. The Labute approximate surface area is 192 Å². The van der Waals surface area contributed by atoms with Gasteiger partial charge in [-0.25, -0.2) is 18.0 Å². The average Bonchev–Trinajstić information content (AvgIpc) is 2.78. The van der Waals surface area contributed by atoms with E-state index in [-0.39, 0.29) is 21.7 Å². The van der Waals surface area contributed by atoms with Gasteiger partial charge in [0.15, 0.2) is 0 Å². The van der Waals surface area contributed by atoms with Crippen molar-refractivity contribution in [2.45, 2.75) is 31.7 Å². The lowest BCUT2D eigenvalue weighted by Crippen LogP contribution is -2.41. The summed E-state index contributed by atoms with van der Waals surface area (Å²) in [4.78, 5) is 36.4. The van der Waals surface area contributed by atoms with Crippen LogP contribution in [0.25, 0.3) is 0 Å². The molecule has 178 valence electrons. The summed E-state index contributed by atoms with van der Waals surface area (Å²) in [5.74, 6) is -1.60. The number of rotatable bonds is 9. The van der Waals surface area contributed by atoms with E-state index in [0.29, 0.717) is 17.9 Å². The molecule has 0 aromatic heterocycles. The first-order valence-corrected chi connectivity index (χ1v) is 11.4. The van der Waals surface area contributed by atoms with Crippen LogP contribution in [0.3, 0.4) is 0 Å². The maximum absolute atomic E-state index is 12.7. The maximum atomic E-state index is 12.7. The zero-order valence-corrected chi connectivity index (χ0v) is 19.7. The smallest absolute Gasteiger partial charge is 0.337 e. The van der Waals surface area contributed by atoms with Crippen LogP contribution in [0.4, 0.5) is 5.69 Å². The van der Waals surface area contributed by atoms with E-state index < -0.39 is 33.9 Å². The molecular formula is C22H26N2O8S. The van der Waals surface area contributed by atoms with Gasteiger partial charge in [0.1, 0.15) is 5.75 Å². The van der Waals surface area contributed by atoms with Crippen LogP contribution < -0.4 is 14.8 Å². The lowest BCUT2D eigenvalue weighted by molar-refractivity contribution is -0.117. The third-order valence-electron chi connectivity index (χ3n) is 4.52. The number of aryl methyl sites for hydroxylation is 1. The number of anilines is 1. The monoisotopic (exact) mass is 478 g/mol. The van der Waals surface area contributed by atoms with Crippen LogP contribution in [0, 0.1) is 6.92 Å². The molecule has 0 fully saturated rings. The van der Waals surface area contributed by atoms with Crippen molar-refractivity contribution >= 4 is 33.6 Å². The fraction of sp³-hybridized carbons (Fsp3) is 0.318. The van der Waals surface area contributed by atoms with Crippen LogP contribution in [-0.4, -0.2) is 53.1 Å². The first-order valence-electron chi connectivity index (χ1n) is 9.90. The van der Waals surface area contributed by atoms with Crippen molar-refractivity contribution in [2.75, 3.05) is 26.1 Å². The quantitative estimate of drug-likeness (QED) is 0.524. The summed E-state index contributed by atoms with van der Waals surface area (Å²) in [5, 5.41) is 2.49. The second-order valence-electron chi connectivity index (χ2n) is 6.97. The third kappa shape index (κ3) is 6.53. The Kier molecular flexibility index (Phi) is 8.55. The van der Waals surface area contributed by atoms with Gasteiger partial charge in [-0.1, -0.05) is 0 Å². The lowest BCUT2D eigenvalue weighted by atomic mass is 10.1. The summed E-state index contributed by atoms with van der Waals surface area (Å²) in [6, 6.07) is 7.05. The minimum absolute atomic E-state index is 0.00815. The Morgan fingerprint density at radius 1 is 0.970 bits per heavy atom. The Balaban J connectivity index is 2.22. The molecular weight excluding hydrogens is 452 g/mol. The van der Waals surface area contributed by atoms with Gasteiger partial charge in [-0.05, 0) is 62.7 Å². The topological polar surface area (TPSA) is 137 Å². The number of ether oxygens (including phenoxy) is 3. The predicted octanol–water partition coefficient (Wildman–Crippen LogP) is 2.27. The van der Waals surface area contributed by atoms with Crippen molar-refractivity contribution in [1.29, 1.82) is 0 Å². The number of carbonyl (C=O) groups excluding carboxylic acids is 3. The van der Waals surface area contributed by atoms with Crippen molar-refractivity contribution in [3.05, 3.63) is 53.1 Å². The van der Waals surface area contributed by atoms with Gasteiger partial charge in [-0.2, -0.15) is 4.72 Å². The van der Waals surface area contributed by atoms with Crippen LogP contribution in [0.2, 0.25) is 0 Å². The number of benzene rings is 2. The van der Waals surface area contributed by atoms with Crippen LogP contribution >= 0.6 is 0 Å². The number of hydrogen-bond acceptors (Lipinski definition) is 8. The molecule has 0 unspecified atom stereocenters. The van der Waals surface area contributed by atoms with E-state index in [4.69, 9.17) is 4.74 Å². The van der Waals surface area contributed by atoms with Gasteiger partial charge in [0.05, 0.1) is 42.9 Å². The van der Waals surface area contributed by atoms with Crippen LogP contribution in [0.1, 0.15) is 40.1 Å². The number of amides is 1. The first kappa shape index (κ1) is 25.8. The highest BCUT2D eigenvalue weighted by molar-refractivity contribution is 7.89. The Bertz CT molecular complexity index is 1130. The summed E-state index contributed by atoms with van der Waals surface area (Å²) >= 11 is 0. The fourth-order valence-electron chi connectivity index (χ4n) is 2.88. The minimum atomic E-state index is -4.02. The number of esters is 2. The predicted molar refractivity (Wildman–Crippen MR) is 120 cm³/mol. The average molecular weight is 479 g/mol. The molecule has 2 aromatic rings. The molecule has 0 aliphatic heterocycles. The molecule has 10 nitrogen and oxygen atoms in total. The normalized spacial score (nSPS) is 11.9. The van der Waals surface area contributed by atoms with Gasteiger partial charge < -0.3 is 19.5 Å². The summed E-state index contributed by atoms with van der Waals surface area (Å²) in [7, 11) is -1.67. The number of nitrogens with one attached hydrogen (secondary N) is 2. The fourth-order valence-corrected chi connectivity index (χ4v) is 4.17. The highest BCUT2D eigenvalue weighted by Crippen LogP contribution is 2.22. The first-order chi connectivity index (χ1) is 15.5. The van der Waals surface area contributed by atoms with E-state index in [0.717, 1.165) is 0 Å². The second kappa shape index (κ2) is 10.9. The van der Waals surface area contributed by atoms with Crippen LogP contribution in [0.5, 0.6) is 5.75 Å². The van der Waals surface area contributed by atoms with E-state index in [1.165, 1.54) is 51.5 Å². The van der Waals surface area contributed by atoms with Gasteiger partial charge in [0.25, 0.3) is 0 Å². The Morgan fingerprint density at radius 2 is 1.55 bits per heavy atom. The number of sulfonamides is 1. The molecule has 0 bridgehead atoms. The largest absolute Gasteiger partial charge is 0.494 e. The molecule has 0 spiro atoms. The molecule has 1 atom stereocenters. The minimum Gasteiger partial charge on any atom is -0.494 e. The summed E-state index contributed by atoms with van der Waals surface area (Å²) in [5.41, 5.74) is 0.737. The van der Waals surface area contributed by atoms with Gasteiger partial charge in [0.2, 0.25) is 15.9 Å². The van der Waals surface area contributed by atoms with Gasteiger partial charge in [-0.3, -0.25) is 4.79 Å². The molecule has 2 rings (SSSR count). The highest BCUT2D eigenvalue weighted by atomic mass is 32.2. The van der Waals surface area contributed by atoms with Gasteiger partial charge in [0, 0.05) is 5.69 Å². The van der Waals surface area contributed by atoms with E-state index >= 15 is 0 Å². The Morgan fingerprint density at radius 3 is 2.03 bits per heavy atom. The molecule has 0 saturated heterocycles. The lowest BCUT2D eigenvalue weighted by Gasteiger charge is -2.16. The molecule has 11 heteroatoms. The van der Waals surface area contributed by atoms with E-state index in [1.807, 2.05) is 6.92 Å². The SMILES string of the molecule is CCOc1ccc(S(=O)(=O)N[C@@H](C)C(=O)Nc2cc(C(=O)OC)cc(C(=O)OC)c2)cc1C. The van der Waals surface area contributed by atoms with Crippen molar-refractivity contribution in [1.82, 2.24) is 4.72 Å². The highest BCUT2D eigenvalue weighted by Gasteiger charge is 2.24. The summed E-state index contributed by atoms with van der Waals surface area (Å²) in [6.07, 6.45) is 0. The molecule has 0 aliphatic carbocycles. The molecule has 2 aromatic carbocycles. The molecule has 33 heavy (non-hydrogen) atoms. The van der Waals surface area contributed by atoms with Crippen molar-refractivity contribution in [3.63, 3.8) is 0 Å². The number of hydrogen-bond donors (Lipinski definition) is 2. The second-order valence-corrected chi connectivity index (χ2v) is 8.69. The zero-order chi connectivity index (χ0) is 24.8. The van der Waals surface area contributed by atoms with E-state index in [1.54, 1.807) is 13.0 Å². The van der Waals surface area contributed by atoms with E-state index in [2.05, 4.69) is 19.5 Å². The standard InChI is InChI=1S/C22H26N2O8S/c1-6-32-19-8-7-18(9-13(19)2)33(28,29)24-14(3)20(25)23-17-11-15(21(26)30-4)10-16(12-17)22(27)31-5/h7-12,14,24H,6H2,1-5H3,(H,23,25)/t14-/m0/s1. The number of methoxy groups -OCH3 is 2.